The van der Waals surface area contributed by atoms with Crippen molar-refractivity contribution in [2.24, 2.45) is 5.73 Å². The maximum absolute atomic E-state index is 11.8. The van der Waals surface area contributed by atoms with Gasteiger partial charge in [-0.25, -0.2) is 13.1 Å². The lowest BCUT2D eigenvalue weighted by Crippen LogP contribution is -2.23. The molecule has 0 spiro atoms. The Hall–Kier alpha value is -0.590. The quantitative estimate of drug-likeness (QED) is 0.813. The van der Waals surface area contributed by atoms with E-state index in [4.69, 9.17) is 28.9 Å². The van der Waals surface area contributed by atoms with Gasteiger partial charge in [-0.05, 0) is 18.2 Å². The van der Waals surface area contributed by atoms with Gasteiger partial charge in [-0.15, -0.1) is 0 Å². The molecule has 0 amide bonds. The molecule has 0 aliphatic rings. The third kappa shape index (κ3) is 4.65. The van der Waals surface area contributed by atoms with Crippen LogP contribution in [0.15, 0.2) is 35.2 Å². The molecule has 0 saturated carbocycles. The predicted molar refractivity (Wildman–Crippen MR) is 69.8 cm³/mol. The van der Waals surface area contributed by atoms with Crippen LogP contribution in [0.25, 0.3) is 0 Å². The highest BCUT2D eigenvalue weighted by Crippen LogP contribution is 2.21. The van der Waals surface area contributed by atoms with Crippen molar-refractivity contribution < 1.29 is 8.42 Å². The molecule has 1 aromatic carbocycles. The molecule has 4 nitrogen and oxygen atoms in total. The molecule has 1 rings (SSSR count). The van der Waals surface area contributed by atoms with E-state index in [1.807, 2.05) is 0 Å². The van der Waals surface area contributed by atoms with Crippen molar-refractivity contribution in [1.82, 2.24) is 4.72 Å². The van der Waals surface area contributed by atoms with E-state index in [0.29, 0.717) is 6.54 Å². The summed E-state index contributed by atoms with van der Waals surface area (Å²) in [5.41, 5.74) is 5.23. The van der Waals surface area contributed by atoms with E-state index in [1.165, 1.54) is 18.2 Å². The molecule has 0 aliphatic carbocycles. The number of sulfonamides is 1. The third-order valence-electron chi connectivity index (χ3n) is 1.84. The van der Waals surface area contributed by atoms with Crippen molar-refractivity contribution in [2.45, 2.75) is 4.90 Å². The first-order valence-corrected chi connectivity index (χ1v) is 7.00. The predicted octanol–water partition coefficient (Wildman–Crippen LogP) is 1.79. The van der Waals surface area contributed by atoms with Crippen LogP contribution in [0.3, 0.4) is 0 Å². The second-order valence-electron chi connectivity index (χ2n) is 3.16. The van der Waals surface area contributed by atoms with Crippen molar-refractivity contribution >= 4 is 33.2 Å². The van der Waals surface area contributed by atoms with Gasteiger partial charge in [0, 0.05) is 23.1 Å². The molecule has 0 radical (unpaired) electrons. The Morgan fingerprint density at radius 3 is 2.29 bits per heavy atom. The molecule has 7 heteroatoms. The minimum atomic E-state index is -3.60. The van der Waals surface area contributed by atoms with E-state index >= 15 is 0 Å². The zero-order valence-corrected chi connectivity index (χ0v) is 11.2. The number of halogens is 2. The Morgan fingerprint density at radius 2 is 1.76 bits per heavy atom. The van der Waals surface area contributed by atoms with Crippen LogP contribution in [0.5, 0.6) is 0 Å². The first kappa shape index (κ1) is 14.5. The topological polar surface area (TPSA) is 72.2 Å². The van der Waals surface area contributed by atoms with Crippen LogP contribution in [0, 0.1) is 0 Å². The summed E-state index contributed by atoms with van der Waals surface area (Å²) in [5.74, 6) is 0. The average molecular weight is 295 g/mol. The van der Waals surface area contributed by atoms with Crippen LogP contribution in [0.2, 0.25) is 10.0 Å². The zero-order valence-electron chi connectivity index (χ0n) is 8.86. The van der Waals surface area contributed by atoms with Crippen molar-refractivity contribution in [3.8, 4) is 0 Å². The van der Waals surface area contributed by atoms with Crippen LogP contribution >= 0.6 is 23.2 Å². The van der Waals surface area contributed by atoms with Crippen molar-refractivity contribution in [1.29, 1.82) is 0 Å². The first-order valence-electron chi connectivity index (χ1n) is 4.76. The molecule has 0 atom stereocenters. The lowest BCUT2D eigenvalue weighted by molar-refractivity contribution is 0.585. The van der Waals surface area contributed by atoms with Gasteiger partial charge in [-0.1, -0.05) is 35.4 Å². The van der Waals surface area contributed by atoms with Crippen LogP contribution in [0.1, 0.15) is 0 Å². The fraction of sp³-hybridized carbons (Fsp3) is 0.200. The summed E-state index contributed by atoms with van der Waals surface area (Å²) in [6.07, 6.45) is 3.29. The molecule has 1 aromatic rings. The van der Waals surface area contributed by atoms with E-state index in [0.717, 1.165) is 0 Å². The minimum Gasteiger partial charge on any atom is -0.327 e. The molecule has 17 heavy (non-hydrogen) atoms. The molecule has 94 valence electrons. The molecule has 0 unspecified atom stereocenters. The highest BCUT2D eigenvalue weighted by molar-refractivity contribution is 7.89. The summed E-state index contributed by atoms with van der Waals surface area (Å²) >= 11 is 11.5. The molecule has 0 bridgehead atoms. The standard InChI is InChI=1S/C10H12Cl2N2O2S/c11-8-5-9(12)7-10(6-8)17(15,16)14-4-2-1-3-13/h1-2,5-7,14H,3-4,13H2/b2-1+. The van der Waals surface area contributed by atoms with Crippen LogP contribution in [-0.4, -0.2) is 21.5 Å². The van der Waals surface area contributed by atoms with E-state index < -0.39 is 10.0 Å². The molecule has 3 N–H and O–H groups in total. The maximum atomic E-state index is 11.8. The number of hydrogen-bond acceptors (Lipinski definition) is 3. The molecular weight excluding hydrogens is 283 g/mol. The summed E-state index contributed by atoms with van der Waals surface area (Å²) in [7, 11) is -3.60. The largest absolute Gasteiger partial charge is 0.327 e. The number of nitrogens with one attached hydrogen (secondary N) is 1. The summed E-state index contributed by atoms with van der Waals surface area (Å²) in [4.78, 5) is 0.0381. The van der Waals surface area contributed by atoms with E-state index in [2.05, 4.69) is 4.72 Å². The van der Waals surface area contributed by atoms with Gasteiger partial charge >= 0.3 is 0 Å². The molecule has 0 heterocycles. The maximum Gasteiger partial charge on any atom is 0.240 e. The average Bonchev–Trinajstić information content (AvgIpc) is 2.23. The van der Waals surface area contributed by atoms with Crippen LogP contribution in [0.4, 0.5) is 0 Å². The Bertz CT molecular complexity index is 495. The van der Waals surface area contributed by atoms with Crippen molar-refractivity contribution in [2.75, 3.05) is 13.1 Å². The van der Waals surface area contributed by atoms with Crippen LogP contribution < -0.4 is 10.5 Å². The lowest BCUT2D eigenvalue weighted by atomic mass is 10.4. The number of nitrogens with two attached hydrogens (primary N) is 1. The smallest absolute Gasteiger partial charge is 0.240 e. The fourth-order valence-corrected chi connectivity index (χ4v) is 2.81. The molecule has 0 aliphatic heterocycles. The first-order chi connectivity index (χ1) is 7.95. The number of benzene rings is 1. The van der Waals surface area contributed by atoms with Gasteiger partial charge in [0.05, 0.1) is 4.90 Å². The normalized spacial score (nSPS) is 12.2. The summed E-state index contributed by atoms with van der Waals surface area (Å²) in [6, 6.07) is 4.14. The second-order valence-corrected chi connectivity index (χ2v) is 5.80. The summed E-state index contributed by atoms with van der Waals surface area (Å²) in [5, 5.41) is 0.547. The highest BCUT2D eigenvalue weighted by atomic mass is 35.5. The Kier molecular flexibility index (Phi) is 5.42. The molecular formula is C10H12Cl2N2O2S. The Balaban J connectivity index is 2.86. The minimum absolute atomic E-state index is 0.0381. The van der Waals surface area contributed by atoms with Crippen molar-refractivity contribution in [3.05, 3.63) is 40.4 Å². The summed E-state index contributed by atoms with van der Waals surface area (Å²) < 4.78 is 26.0. The molecule has 0 fully saturated rings. The van der Waals surface area contributed by atoms with Gasteiger partial charge in [-0.3, -0.25) is 0 Å². The van der Waals surface area contributed by atoms with Gasteiger partial charge < -0.3 is 5.73 Å². The van der Waals surface area contributed by atoms with E-state index in [9.17, 15) is 8.42 Å². The third-order valence-corrected chi connectivity index (χ3v) is 3.68. The number of hydrogen-bond donors (Lipinski definition) is 2. The van der Waals surface area contributed by atoms with Crippen LogP contribution in [-0.2, 0) is 10.0 Å². The molecule has 0 aromatic heterocycles. The SMILES string of the molecule is NC/C=C/CNS(=O)(=O)c1cc(Cl)cc(Cl)c1. The van der Waals surface area contributed by atoms with Gasteiger partial charge in [0.2, 0.25) is 10.0 Å². The van der Waals surface area contributed by atoms with Gasteiger partial charge in [0.25, 0.3) is 0 Å². The second kappa shape index (κ2) is 6.37. The number of rotatable bonds is 5. The lowest BCUT2D eigenvalue weighted by Gasteiger charge is -2.05. The molecule has 0 saturated heterocycles. The van der Waals surface area contributed by atoms with E-state index in [1.54, 1.807) is 12.2 Å². The summed E-state index contributed by atoms with van der Waals surface area (Å²) in [6.45, 7) is 0.536. The Morgan fingerprint density at radius 1 is 1.18 bits per heavy atom. The Labute approximate surface area is 110 Å². The van der Waals surface area contributed by atoms with Gasteiger partial charge in [0.1, 0.15) is 0 Å². The highest BCUT2D eigenvalue weighted by Gasteiger charge is 2.14. The van der Waals surface area contributed by atoms with E-state index in [-0.39, 0.29) is 21.5 Å². The monoisotopic (exact) mass is 294 g/mol. The van der Waals surface area contributed by atoms with Gasteiger partial charge in [-0.2, -0.15) is 0 Å². The van der Waals surface area contributed by atoms with Crippen molar-refractivity contribution in [3.63, 3.8) is 0 Å². The fourth-order valence-electron chi connectivity index (χ4n) is 1.10. The van der Waals surface area contributed by atoms with Gasteiger partial charge in [0.15, 0.2) is 0 Å². The zero-order chi connectivity index (χ0) is 12.9.